The van der Waals surface area contributed by atoms with Crippen LogP contribution in [0.3, 0.4) is 0 Å². The van der Waals surface area contributed by atoms with Crippen molar-refractivity contribution < 1.29 is 43.2 Å². The van der Waals surface area contributed by atoms with Crippen LogP contribution in [-0.4, -0.2) is 69.7 Å². The number of carbonyl (C=O) groups is 1. The summed E-state index contributed by atoms with van der Waals surface area (Å²) in [4.78, 5) is 14.7. The molecule has 0 aromatic rings. The SMILES string of the molecule is CC(=O)NOC(O)(O)COC(O)(O)/C=C1\SC(S(N)(=O)=O)=NN1C. The van der Waals surface area contributed by atoms with Gasteiger partial charge in [0.1, 0.15) is 11.6 Å². The molecule has 1 rings (SSSR count). The van der Waals surface area contributed by atoms with E-state index in [2.05, 4.69) is 14.7 Å². The minimum Gasteiger partial charge on any atom is -0.340 e. The lowest BCUT2D eigenvalue weighted by Gasteiger charge is -2.25. The van der Waals surface area contributed by atoms with Gasteiger partial charge in [-0.15, -0.1) is 0 Å². The fourth-order valence-electron chi connectivity index (χ4n) is 1.17. The predicted molar refractivity (Wildman–Crippen MR) is 79.2 cm³/mol. The van der Waals surface area contributed by atoms with E-state index in [9.17, 15) is 33.6 Å². The molecule has 24 heavy (non-hydrogen) atoms. The Morgan fingerprint density at radius 2 is 2.04 bits per heavy atom. The van der Waals surface area contributed by atoms with Crippen molar-refractivity contribution in [2.75, 3.05) is 13.7 Å². The zero-order chi connectivity index (χ0) is 18.8. The molecule has 0 aromatic heterocycles. The van der Waals surface area contributed by atoms with E-state index in [1.807, 2.05) is 0 Å². The molecule has 0 saturated heterocycles. The molecular formula is C9H16N4O9S2. The third-order valence-corrected chi connectivity index (χ3v) is 4.49. The van der Waals surface area contributed by atoms with Gasteiger partial charge in [-0.3, -0.25) is 9.80 Å². The number of nitrogens with two attached hydrogens (primary N) is 1. The van der Waals surface area contributed by atoms with Gasteiger partial charge in [0.05, 0.1) is 0 Å². The standard InChI is InChI=1S/C9H16N4O9S2/c1-5(14)12-22-9(17,18)4-21-8(15,16)3-6-13(2)11-7(23-6)24(10,19)20/h3,15-18H,4H2,1-2H3,(H,12,14)(H2,10,19,20)/b6-3-. The summed E-state index contributed by atoms with van der Waals surface area (Å²) in [5.41, 5.74) is 1.62. The maximum atomic E-state index is 11.2. The number of nitrogens with one attached hydrogen (secondary N) is 1. The second-order valence-corrected chi connectivity index (χ2v) is 7.21. The van der Waals surface area contributed by atoms with Crippen molar-refractivity contribution in [1.82, 2.24) is 10.5 Å². The molecule has 0 atom stereocenters. The van der Waals surface area contributed by atoms with Crippen molar-refractivity contribution in [2.45, 2.75) is 18.9 Å². The van der Waals surface area contributed by atoms with Crippen LogP contribution in [-0.2, 0) is 24.4 Å². The summed E-state index contributed by atoms with van der Waals surface area (Å²) < 4.78 is 26.3. The van der Waals surface area contributed by atoms with Crippen LogP contribution in [0.25, 0.3) is 0 Å². The Bertz CT molecular complexity index is 658. The Morgan fingerprint density at radius 3 is 2.50 bits per heavy atom. The van der Waals surface area contributed by atoms with Crippen LogP contribution in [0.15, 0.2) is 16.2 Å². The van der Waals surface area contributed by atoms with Gasteiger partial charge in [-0.2, -0.15) is 5.10 Å². The van der Waals surface area contributed by atoms with E-state index in [4.69, 9.17) is 5.14 Å². The number of hydrazone groups is 1. The molecule has 15 heteroatoms. The number of aliphatic hydroxyl groups is 4. The van der Waals surface area contributed by atoms with E-state index in [1.165, 1.54) is 7.05 Å². The Kier molecular flexibility index (Phi) is 6.31. The molecule has 1 aliphatic rings. The summed E-state index contributed by atoms with van der Waals surface area (Å²) in [6.07, 6.45) is 0.633. The van der Waals surface area contributed by atoms with Crippen LogP contribution in [0.4, 0.5) is 0 Å². The lowest BCUT2D eigenvalue weighted by molar-refractivity contribution is -0.409. The topological polar surface area (TPSA) is 204 Å². The van der Waals surface area contributed by atoms with E-state index < -0.39 is 38.9 Å². The van der Waals surface area contributed by atoms with Gasteiger partial charge in [0.25, 0.3) is 10.0 Å². The average Bonchev–Trinajstić information content (AvgIpc) is 2.76. The average molecular weight is 388 g/mol. The van der Waals surface area contributed by atoms with E-state index in [-0.39, 0.29) is 5.03 Å². The van der Waals surface area contributed by atoms with Crippen molar-refractivity contribution in [1.29, 1.82) is 0 Å². The zero-order valence-electron chi connectivity index (χ0n) is 12.4. The minimum atomic E-state index is -4.09. The smallest absolute Gasteiger partial charge is 0.324 e. The first kappa shape index (κ1) is 20.7. The number of hydrogen-bond donors (Lipinski definition) is 6. The van der Waals surface area contributed by atoms with Crippen LogP contribution in [0, 0.1) is 0 Å². The van der Waals surface area contributed by atoms with E-state index >= 15 is 0 Å². The monoisotopic (exact) mass is 388 g/mol. The number of hydrogen-bond acceptors (Lipinski definition) is 12. The summed E-state index contributed by atoms with van der Waals surface area (Å²) in [6, 6.07) is 0. The first-order chi connectivity index (χ1) is 10.7. The van der Waals surface area contributed by atoms with Crippen LogP contribution < -0.4 is 10.6 Å². The summed E-state index contributed by atoms with van der Waals surface area (Å²) in [5, 5.41) is 47.3. The summed E-state index contributed by atoms with van der Waals surface area (Å²) in [6.45, 7) is -0.165. The van der Waals surface area contributed by atoms with Gasteiger partial charge in [0.15, 0.2) is 0 Å². The Hall–Kier alpha value is -1.30. The van der Waals surface area contributed by atoms with Crippen molar-refractivity contribution in [2.24, 2.45) is 10.2 Å². The number of rotatable bonds is 6. The molecule has 7 N–H and O–H groups in total. The van der Waals surface area contributed by atoms with Crippen molar-refractivity contribution in [3.63, 3.8) is 0 Å². The normalized spacial score (nSPS) is 18.0. The third-order valence-electron chi connectivity index (χ3n) is 2.13. The fraction of sp³-hybridized carbons (Fsp3) is 0.556. The largest absolute Gasteiger partial charge is 0.340 e. The molecule has 13 nitrogen and oxygen atoms in total. The Labute approximate surface area is 140 Å². The summed E-state index contributed by atoms with van der Waals surface area (Å²) in [5.74, 6) is -6.85. The molecular weight excluding hydrogens is 372 g/mol. The molecule has 1 heterocycles. The van der Waals surface area contributed by atoms with E-state index in [0.29, 0.717) is 17.8 Å². The van der Waals surface area contributed by atoms with Crippen molar-refractivity contribution in [3.8, 4) is 0 Å². The molecule has 0 fully saturated rings. The second-order valence-electron chi connectivity index (χ2n) is 4.47. The molecule has 1 amide bonds. The van der Waals surface area contributed by atoms with Crippen molar-refractivity contribution in [3.05, 3.63) is 11.1 Å². The lowest BCUT2D eigenvalue weighted by Crippen LogP contribution is -2.46. The highest BCUT2D eigenvalue weighted by Crippen LogP contribution is 2.31. The van der Waals surface area contributed by atoms with Crippen LogP contribution >= 0.6 is 11.8 Å². The molecule has 0 aromatic carbocycles. The van der Waals surface area contributed by atoms with Gasteiger partial charge in [0, 0.05) is 20.0 Å². The van der Waals surface area contributed by atoms with Crippen molar-refractivity contribution >= 4 is 32.1 Å². The van der Waals surface area contributed by atoms with Crippen LogP contribution in [0.1, 0.15) is 6.92 Å². The van der Waals surface area contributed by atoms with Crippen LogP contribution in [0.5, 0.6) is 0 Å². The number of sulfonamides is 1. The Balaban J connectivity index is 2.72. The molecule has 138 valence electrons. The minimum absolute atomic E-state index is 0.0757. The number of ether oxygens (including phenoxy) is 1. The summed E-state index contributed by atoms with van der Waals surface area (Å²) in [7, 11) is -2.79. The molecule has 0 bridgehead atoms. The quantitative estimate of drug-likeness (QED) is 0.194. The Morgan fingerprint density at radius 1 is 1.46 bits per heavy atom. The molecule has 0 radical (unpaired) electrons. The van der Waals surface area contributed by atoms with Gasteiger partial charge >= 0.3 is 11.9 Å². The van der Waals surface area contributed by atoms with Gasteiger partial charge in [-0.1, -0.05) is 0 Å². The molecule has 1 aliphatic heterocycles. The highest BCUT2D eigenvalue weighted by molar-refractivity contribution is 8.36. The zero-order valence-corrected chi connectivity index (χ0v) is 14.0. The van der Waals surface area contributed by atoms with Gasteiger partial charge in [-0.25, -0.2) is 23.9 Å². The van der Waals surface area contributed by atoms with E-state index in [0.717, 1.165) is 11.9 Å². The molecule has 0 unspecified atom stereocenters. The number of thioether (sulfide) groups is 1. The number of carbonyl (C=O) groups excluding carboxylic acids is 1. The number of nitrogens with zero attached hydrogens (tertiary/aromatic N) is 2. The number of primary sulfonamides is 1. The first-order valence-corrected chi connectivity index (χ1v) is 8.32. The van der Waals surface area contributed by atoms with Crippen LogP contribution in [0.2, 0.25) is 0 Å². The lowest BCUT2D eigenvalue weighted by atomic mass is 10.5. The second kappa shape index (κ2) is 7.30. The van der Waals surface area contributed by atoms with Gasteiger partial charge in [0.2, 0.25) is 10.3 Å². The summed E-state index contributed by atoms with van der Waals surface area (Å²) >= 11 is 0.511. The predicted octanol–water partition coefficient (Wildman–Crippen LogP) is -3.57. The fourth-order valence-corrected chi connectivity index (χ4v) is 2.86. The third kappa shape index (κ3) is 6.67. The molecule has 0 aliphatic carbocycles. The highest BCUT2D eigenvalue weighted by Gasteiger charge is 2.35. The van der Waals surface area contributed by atoms with Gasteiger partial charge in [-0.05, 0) is 11.8 Å². The number of amides is 1. The van der Waals surface area contributed by atoms with E-state index in [1.54, 1.807) is 5.48 Å². The first-order valence-electron chi connectivity index (χ1n) is 5.96. The van der Waals surface area contributed by atoms with Gasteiger partial charge < -0.3 is 25.2 Å². The maximum absolute atomic E-state index is 11.2. The molecule has 0 saturated carbocycles. The highest BCUT2D eigenvalue weighted by atomic mass is 32.3. The maximum Gasteiger partial charge on any atom is 0.324 e. The number of hydroxylamine groups is 1. The molecule has 0 spiro atoms.